The van der Waals surface area contributed by atoms with Crippen molar-refractivity contribution in [3.63, 3.8) is 0 Å². The third kappa shape index (κ3) is 4.29. The van der Waals surface area contributed by atoms with Gasteiger partial charge in [-0.2, -0.15) is 0 Å². The fourth-order valence-electron chi connectivity index (χ4n) is 2.25. The van der Waals surface area contributed by atoms with Crippen LogP contribution in [0.25, 0.3) is 0 Å². The Balaban J connectivity index is 2.39. The SMILES string of the molecule is CCO[C@@H]1ON=C(c2ccccc2)[C@@H](OC(C)=O)[C@H]1OC(C)=O. The lowest BCUT2D eigenvalue weighted by atomic mass is 9.99. The lowest BCUT2D eigenvalue weighted by molar-refractivity contribution is -0.231. The van der Waals surface area contributed by atoms with E-state index >= 15 is 0 Å². The van der Waals surface area contributed by atoms with E-state index in [0.717, 1.165) is 0 Å². The van der Waals surface area contributed by atoms with E-state index in [1.807, 2.05) is 18.2 Å². The van der Waals surface area contributed by atoms with Gasteiger partial charge in [0.2, 0.25) is 6.10 Å². The van der Waals surface area contributed by atoms with E-state index in [1.54, 1.807) is 19.1 Å². The minimum Gasteiger partial charge on any atom is -0.452 e. The summed E-state index contributed by atoms with van der Waals surface area (Å²) in [5.41, 5.74) is 1.06. The number of hydrogen-bond acceptors (Lipinski definition) is 7. The summed E-state index contributed by atoms with van der Waals surface area (Å²) in [4.78, 5) is 28.2. The van der Waals surface area contributed by atoms with Crippen LogP contribution in [-0.2, 0) is 28.6 Å². The van der Waals surface area contributed by atoms with Crippen LogP contribution in [0, 0.1) is 0 Å². The second kappa shape index (κ2) is 7.73. The molecule has 0 aliphatic carbocycles. The molecule has 7 heteroatoms. The summed E-state index contributed by atoms with van der Waals surface area (Å²) in [6, 6.07) is 9.08. The predicted octanol–water partition coefficient (Wildman–Crippen LogP) is 1.65. The zero-order valence-electron chi connectivity index (χ0n) is 13.2. The number of benzene rings is 1. The fraction of sp³-hybridized carbons (Fsp3) is 0.438. The summed E-state index contributed by atoms with van der Waals surface area (Å²) < 4.78 is 16.0. The van der Waals surface area contributed by atoms with Crippen molar-refractivity contribution < 1.29 is 28.6 Å². The number of oxime groups is 1. The summed E-state index contributed by atoms with van der Waals surface area (Å²) in [7, 11) is 0. The second-order valence-corrected chi connectivity index (χ2v) is 4.88. The molecule has 1 aliphatic rings. The van der Waals surface area contributed by atoms with Crippen LogP contribution in [0.15, 0.2) is 35.5 Å². The van der Waals surface area contributed by atoms with Crippen molar-refractivity contribution in [1.82, 2.24) is 0 Å². The van der Waals surface area contributed by atoms with Gasteiger partial charge in [-0.1, -0.05) is 35.5 Å². The third-order valence-corrected chi connectivity index (χ3v) is 3.09. The van der Waals surface area contributed by atoms with Crippen molar-refractivity contribution in [3.8, 4) is 0 Å². The molecule has 0 fully saturated rings. The van der Waals surface area contributed by atoms with Crippen molar-refractivity contribution in [3.05, 3.63) is 35.9 Å². The molecule has 0 radical (unpaired) electrons. The van der Waals surface area contributed by atoms with Gasteiger partial charge in [0.1, 0.15) is 5.71 Å². The molecule has 0 unspecified atom stereocenters. The van der Waals surface area contributed by atoms with Gasteiger partial charge in [-0.3, -0.25) is 9.59 Å². The van der Waals surface area contributed by atoms with E-state index in [1.165, 1.54) is 13.8 Å². The molecule has 0 spiro atoms. The van der Waals surface area contributed by atoms with Gasteiger partial charge < -0.3 is 19.0 Å². The highest BCUT2D eigenvalue weighted by atomic mass is 16.8. The normalized spacial score (nSPS) is 23.4. The van der Waals surface area contributed by atoms with Crippen molar-refractivity contribution in [2.45, 2.75) is 39.3 Å². The average Bonchev–Trinajstić information content (AvgIpc) is 2.51. The minimum absolute atomic E-state index is 0.325. The molecule has 0 N–H and O–H groups in total. The smallest absolute Gasteiger partial charge is 0.303 e. The Morgan fingerprint density at radius 1 is 1.13 bits per heavy atom. The number of carbonyl (C=O) groups is 2. The maximum atomic E-state index is 11.5. The minimum atomic E-state index is -0.944. The maximum absolute atomic E-state index is 11.5. The topological polar surface area (TPSA) is 83.4 Å². The number of ether oxygens (including phenoxy) is 3. The van der Waals surface area contributed by atoms with E-state index < -0.39 is 30.4 Å². The largest absolute Gasteiger partial charge is 0.452 e. The summed E-state index contributed by atoms with van der Waals surface area (Å²) >= 11 is 0. The monoisotopic (exact) mass is 321 g/mol. The first kappa shape index (κ1) is 17.0. The Labute approximate surface area is 134 Å². The van der Waals surface area contributed by atoms with Gasteiger partial charge in [-0.15, -0.1) is 0 Å². The van der Waals surface area contributed by atoms with Gasteiger partial charge in [0.15, 0.2) is 6.10 Å². The van der Waals surface area contributed by atoms with Crippen molar-refractivity contribution in [2.75, 3.05) is 6.61 Å². The van der Waals surface area contributed by atoms with Crippen LogP contribution in [-0.4, -0.2) is 42.8 Å². The van der Waals surface area contributed by atoms with Crippen LogP contribution >= 0.6 is 0 Å². The van der Waals surface area contributed by atoms with E-state index in [0.29, 0.717) is 17.9 Å². The molecule has 124 valence electrons. The zero-order chi connectivity index (χ0) is 16.8. The zero-order valence-corrected chi connectivity index (χ0v) is 13.2. The summed E-state index contributed by atoms with van der Waals surface area (Å²) in [6.07, 6.45) is -2.80. The molecule has 0 amide bonds. The Bertz CT molecular complexity index is 585. The van der Waals surface area contributed by atoms with Gasteiger partial charge in [-0.05, 0) is 6.92 Å². The van der Waals surface area contributed by atoms with Crippen LogP contribution in [0.4, 0.5) is 0 Å². The Kier molecular flexibility index (Phi) is 5.70. The molecule has 1 aromatic carbocycles. The molecule has 0 saturated heterocycles. The average molecular weight is 321 g/mol. The molecular formula is C16H19NO6. The van der Waals surface area contributed by atoms with Gasteiger partial charge in [0.05, 0.1) is 0 Å². The lowest BCUT2D eigenvalue weighted by Gasteiger charge is -2.34. The number of hydrogen-bond donors (Lipinski definition) is 0. The van der Waals surface area contributed by atoms with Crippen LogP contribution in [0.3, 0.4) is 0 Å². The number of rotatable bonds is 5. The molecule has 2 rings (SSSR count). The van der Waals surface area contributed by atoms with Gasteiger partial charge in [0, 0.05) is 26.0 Å². The van der Waals surface area contributed by atoms with E-state index in [-0.39, 0.29) is 0 Å². The number of nitrogens with zero attached hydrogens (tertiary/aromatic N) is 1. The maximum Gasteiger partial charge on any atom is 0.303 e. The first-order valence-electron chi connectivity index (χ1n) is 7.28. The molecule has 0 saturated carbocycles. The van der Waals surface area contributed by atoms with Crippen molar-refractivity contribution >= 4 is 17.7 Å². The van der Waals surface area contributed by atoms with Crippen molar-refractivity contribution in [2.24, 2.45) is 5.16 Å². The Morgan fingerprint density at radius 2 is 1.78 bits per heavy atom. The highest BCUT2D eigenvalue weighted by Gasteiger charge is 2.44. The van der Waals surface area contributed by atoms with Gasteiger partial charge >= 0.3 is 11.9 Å². The second-order valence-electron chi connectivity index (χ2n) is 4.88. The highest BCUT2D eigenvalue weighted by Crippen LogP contribution is 2.24. The van der Waals surface area contributed by atoms with Crippen LogP contribution in [0.5, 0.6) is 0 Å². The molecule has 1 heterocycles. The Morgan fingerprint density at radius 3 is 2.35 bits per heavy atom. The fourth-order valence-corrected chi connectivity index (χ4v) is 2.25. The van der Waals surface area contributed by atoms with E-state index in [9.17, 15) is 9.59 Å². The van der Waals surface area contributed by atoms with Crippen LogP contribution in [0.1, 0.15) is 26.3 Å². The molecule has 0 aromatic heterocycles. The van der Waals surface area contributed by atoms with Crippen LogP contribution in [0.2, 0.25) is 0 Å². The highest BCUT2D eigenvalue weighted by molar-refractivity contribution is 6.05. The quantitative estimate of drug-likeness (QED) is 0.767. The van der Waals surface area contributed by atoms with Crippen LogP contribution < -0.4 is 0 Å². The third-order valence-electron chi connectivity index (χ3n) is 3.09. The van der Waals surface area contributed by atoms with E-state index in [2.05, 4.69) is 5.16 Å². The van der Waals surface area contributed by atoms with Gasteiger partial charge in [0.25, 0.3) is 6.29 Å². The number of carbonyl (C=O) groups excluding carboxylic acids is 2. The van der Waals surface area contributed by atoms with Crippen molar-refractivity contribution in [1.29, 1.82) is 0 Å². The summed E-state index contributed by atoms with van der Waals surface area (Å²) in [5, 5.41) is 4.01. The van der Waals surface area contributed by atoms with Gasteiger partial charge in [-0.25, -0.2) is 0 Å². The number of esters is 2. The standard InChI is InChI=1S/C16H19NO6/c1-4-20-16-15(22-11(3)19)14(21-10(2)18)13(17-23-16)12-8-6-5-7-9-12/h5-9,14-16H,4H2,1-3H3/t14-,15-,16-/m1/s1. The Hall–Kier alpha value is -2.41. The molecule has 1 aromatic rings. The molecule has 1 aliphatic heterocycles. The molecular weight excluding hydrogens is 302 g/mol. The first-order chi connectivity index (χ1) is 11.0. The lowest BCUT2D eigenvalue weighted by Crippen LogP contribution is -2.52. The van der Waals surface area contributed by atoms with E-state index in [4.69, 9.17) is 19.0 Å². The molecule has 0 bridgehead atoms. The summed E-state index contributed by atoms with van der Waals surface area (Å²) in [6.45, 7) is 4.64. The predicted molar refractivity (Wildman–Crippen MR) is 80.6 cm³/mol. The first-order valence-corrected chi connectivity index (χ1v) is 7.28. The molecule has 7 nitrogen and oxygen atoms in total. The molecule has 3 atom stereocenters. The molecule has 23 heavy (non-hydrogen) atoms. The summed E-state index contributed by atoms with van der Waals surface area (Å²) in [5.74, 6) is -1.05.